The van der Waals surface area contributed by atoms with E-state index in [-0.39, 0.29) is 17.9 Å². The molecule has 0 aromatic heterocycles. The number of esters is 2. The predicted octanol–water partition coefficient (Wildman–Crippen LogP) is 2.57. The fourth-order valence-electron chi connectivity index (χ4n) is 3.38. The molecule has 1 aliphatic heterocycles. The Morgan fingerprint density at radius 3 is 2.74 bits per heavy atom. The van der Waals surface area contributed by atoms with Crippen molar-refractivity contribution in [2.75, 3.05) is 0 Å². The van der Waals surface area contributed by atoms with Crippen LogP contribution in [0, 0.1) is 5.92 Å². The van der Waals surface area contributed by atoms with Gasteiger partial charge in [-0.2, -0.15) is 0 Å². The third-order valence-electron chi connectivity index (χ3n) is 4.26. The van der Waals surface area contributed by atoms with E-state index in [1.165, 1.54) is 5.56 Å². The summed E-state index contributed by atoms with van der Waals surface area (Å²) >= 11 is 0. The minimum absolute atomic E-state index is 0.286. The SMILES string of the molecule is O=C1OC(=O)C2c3c(ccc4ccccc34)CCC12. The van der Waals surface area contributed by atoms with E-state index in [1.54, 1.807) is 0 Å². The Balaban J connectivity index is 2.03. The van der Waals surface area contributed by atoms with Crippen molar-refractivity contribution >= 4 is 22.7 Å². The van der Waals surface area contributed by atoms with Crippen LogP contribution in [0.25, 0.3) is 10.8 Å². The molecule has 1 fully saturated rings. The number of aryl methyl sites for hydroxylation is 1. The zero-order valence-corrected chi connectivity index (χ0v) is 10.3. The maximum Gasteiger partial charge on any atom is 0.321 e. The van der Waals surface area contributed by atoms with Crippen LogP contribution in [0.2, 0.25) is 0 Å². The molecule has 2 atom stereocenters. The Morgan fingerprint density at radius 1 is 1.00 bits per heavy atom. The summed E-state index contributed by atoms with van der Waals surface area (Å²) in [5.74, 6) is -1.42. The summed E-state index contributed by atoms with van der Waals surface area (Å²) in [5, 5.41) is 2.18. The molecule has 0 radical (unpaired) electrons. The fourth-order valence-corrected chi connectivity index (χ4v) is 3.38. The minimum Gasteiger partial charge on any atom is -0.392 e. The lowest BCUT2D eigenvalue weighted by Crippen LogP contribution is -2.23. The maximum atomic E-state index is 12.0. The van der Waals surface area contributed by atoms with Crippen molar-refractivity contribution in [1.82, 2.24) is 0 Å². The summed E-state index contributed by atoms with van der Waals surface area (Å²) in [7, 11) is 0. The largest absolute Gasteiger partial charge is 0.392 e. The maximum absolute atomic E-state index is 12.0. The summed E-state index contributed by atoms with van der Waals surface area (Å²) < 4.78 is 4.84. The van der Waals surface area contributed by atoms with Crippen molar-refractivity contribution in [3.05, 3.63) is 47.5 Å². The smallest absolute Gasteiger partial charge is 0.321 e. The third kappa shape index (κ3) is 1.38. The second-order valence-electron chi connectivity index (χ2n) is 5.22. The molecule has 0 N–H and O–H groups in total. The number of rotatable bonds is 0. The third-order valence-corrected chi connectivity index (χ3v) is 4.26. The first-order chi connectivity index (χ1) is 9.25. The van der Waals surface area contributed by atoms with E-state index in [9.17, 15) is 9.59 Å². The van der Waals surface area contributed by atoms with Crippen LogP contribution in [0.1, 0.15) is 23.5 Å². The van der Waals surface area contributed by atoms with Gasteiger partial charge in [-0.15, -0.1) is 0 Å². The highest BCUT2D eigenvalue weighted by atomic mass is 16.6. The standard InChI is InChI=1S/C16H12O3/c17-15-12-8-7-10-6-5-9-3-1-2-4-11(9)13(10)14(12)16(18)19-15/h1-6,12,14H,7-8H2. The van der Waals surface area contributed by atoms with E-state index in [2.05, 4.69) is 12.1 Å². The van der Waals surface area contributed by atoms with Crippen LogP contribution in [-0.2, 0) is 20.7 Å². The molecule has 0 saturated carbocycles. The van der Waals surface area contributed by atoms with Crippen LogP contribution in [0.5, 0.6) is 0 Å². The highest BCUT2D eigenvalue weighted by molar-refractivity contribution is 6.03. The monoisotopic (exact) mass is 252 g/mol. The lowest BCUT2D eigenvalue weighted by Gasteiger charge is -2.25. The summed E-state index contributed by atoms with van der Waals surface area (Å²) in [5.41, 5.74) is 2.18. The zero-order valence-electron chi connectivity index (χ0n) is 10.3. The van der Waals surface area contributed by atoms with Crippen LogP contribution in [0.15, 0.2) is 36.4 Å². The molecule has 1 aliphatic carbocycles. The number of benzene rings is 2. The normalized spacial score (nSPS) is 25.1. The Hall–Kier alpha value is -2.16. The molecule has 0 amide bonds. The summed E-state index contributed by atoms with van der Waals surface area (Å²) in [6.07, 6.45) is 1.55. The topological polar surface area (TPSA) is 43.4 Å². The quantitative estimate of drug-likeness (QED) is 0.534. The molecular weight excluding hydrogens is 240 g/mol. The van der Waals surface area contributed by atoms with Gasteiger partial charge in [0.15, 0.2) is 0 Å². The lowest BCUT2D eigenvalue weighted by molar-refractivity contribution is -0.153. The predicted molar refractivity (Wildman–Crippen MR) is 69.6 cm³/mol. The number of hydrogen-bond donors (Lipinski definition) is 0. The molecule has 2 unspecified atom stereocenters. The Kier molecular flexibility index (Phi) is 2.07. The Labute approximate surface area is 110 Å². The molecule has 1 heterocycles. The molecule has 3 heteroatoms. The molecule has 19 heavy (non-hydrogen) atoms. The minimum atomic E-state index is -0.401. The lowest BCUT2D eigenvalue weighted by atomic mass is 9.74. The van der Waals surface area contributed by atoms with Crippen LogP contribution in [0.3, 0.4) is 0 Å². The molecule has 1 saturated heterocycles. The number of fused-ring (bicyclic) bond motifs is 5. The van der Waals surface area contributed by atoms with Crippen LogP contribution in [-0.4, -0.2) is 11.9 Å². The molecular formula is C16H12O3. The molecule has 4 rings (SSSR count). The molecule has 94 valence electrons. The van der Waals surface area contributed by atoms with Gasteiger partial charge in [0.2, 0.25) is 0 Å². The molecule has 0 spiro atoms. The Morgan fingerprint density at radius 2 is 1.84 bits per heavy atom. The second-order valence-corrected chi connectivity index (χ2v) is 5.22. The molecule has 3 nitrogen and oxygen atoms in total. The highest BCUT2D eigenvalue weighted by Crippen LogP contribution is 2.44. The highest BCUT2D eigenvalue weighted by Gasteiger charge is 2.48. The zero-order chi connectivity index (χ0) is 13.0. The Bertz CT molecular complexity index is 717. The number of ether oxygens (including phenoxy) is 1. The molecule has 0 bridgehead atoms. The second kappa shape index (κ2) is 3.67. The van der Waals surface area contributed by atoms with Gasteiger partial charge in [0.05, 0.1) is 11.8 Å². The van der Waals surface area contributed by atoms with Gasteiger partial charge in [-0.3, -0.25) is 9.59 Å². The summed E-state index contributed by atoms with van der Waals surface area (Å²) in [6, 6.07) is 12.1. The number of hydrogen-bond acceptors (Lipinski definition) is 3. The fraction of sp³-hybridized carbons (Fsp3) is 0.250. The van der Waals surface area contributed by atoms with Gasteiger partial charge in [0.25, 0.3) is 0 Å². The number of cyclic esters (lactones) is 2. The van der Waals surface area contributed by atoms with Crippen molar-refractivity contribution in [3.8, 4) is 0 Å². The number of carbonyl (C=O) groups excluding carboxylic acids is 2. The van der Waals surface area contributed by atoms with Crippen molar-refractivity contribution in [2.45, 2.75) is 18.8 Å². The summed E-state index contributed by atoms with van der Waals surface area (Å²) in [4.78, 5) is 23.7. The van der Waals surface area contributed by atoms with E-state index in [1.807, 2.05) is 24.3 Å². The van der Waals surface area contributed by atoms with Crippen LogP contribution >= 0.6 is 0 Å². The first-order valence-electron chi connectivity index (χ1n) is 6.52. The van der Waals surface area contributed by atoms with E-state index >= 15 is 0 Å². The van der Waals surface area contributed by atoms with Crippen molar-refractivity contribution in [3.63, 3.8) is 0 Å². The van der Waals surface area contributed by atoms with Crippen LogP contribution in [0.4, 0.5) is 0 Å². The van der Waals surface area contributed by atoms with E-state index in [0.717, 1.165) is 22.8 Å². The van der Waals surface area contributed by atoms with E-state index < -0.39 is 5.92 Å². The average molecular weight is 252 g/mol. The van der Waals surface area contributed by atoms with Gasteiger partial charge < -0.3 is 4.74 Å². The van der Waals surface area contributed by atoms with Gasteiger partial charge >= 0.3 is 11.9 Å². The molecule has 2 aromatic carbocycles. The molecule has 2 aromatic rings. The van der Waals surface area contributed by atoms with Crippen LogP contribution < -0.4 is 0 Å². The van der Waals surface area contributed by atoms with E-state index in [0.29, 0.717) is 6.42 Å². The van der Waals surface area contributed by atoms with Gasteiger partial charge in [-0.05, 0) is 34.7 Å². The van der Waals surface area contributed by atoms with E-state index in [4.69, 9.17) is 4.74 Å². The average Bonchev–Trinajstić information content (AvgIpc) is 2.73. The van der Waals surface area contributed by atoms with Crippen molar-refractivity contribution in [2.24, 2.45) is 5.92 Å². The van der Waals surface area contributed by atoms with Gasteiger partial charge in [-0.1, -0.05) is 36.4 Å². The van der Waals surface area contributed by atoms with Crippen molar-refractivity contribution < 1.29 is 14.3 Å². The first-order valence-corrected chi connectivity index (χ1v) is 6.52. The van der Waals surface area contributed by atoms with Gasteiger partial charge in [0.1, 0.15) is 0 Å². The summed E-state index contributed by atoms with van der Waals surface area (Å²) in [6.45, 7) is 0. The molecule has 2 aliphatic rings. The first kappa shape index (κ1) is 10.7. The number of carbonyl (C=O) groups is 2. The van der Waals surface area contributed by atoms with Gasteiger partial charge in [0, 0.05) is 0 Å². The van der Waals surface area contributed by atoms with Gasteiger partial charge in [-0.25, -0.2) is 0 Å². The van der Waals surface area contributed by atoms with Crippen molar-refractivity contribution in [1.29, 1.82) is 0 Å².